The summed E-state index contributed by atoms with van der Waals surface area (Å²) in [4.78, 5) is 25.4. The predicted octanol–water partition coefficient (Wildman–Crippen LogP) is 2.19. The first-order chi connectivity index (χ1) is 10.4. The Morgan fingerprint density at radius 2 is 1.62 bits per heavy atom. The number of ether oxygens (including phenoxy) is 1. The highest BCUT2D eigenvalue weighted by Gasteiger charge is 2.43. The molecule has 1 rings (SSSR count). The van der Waals surface area contributed by atoms with Gasteiger partial charge in [-0.25, -0.2) is 4.98 Å². The van der Waals surface area contributed by atoms with Crippen LogP contribution in [-0.2, 0) is 26.7 Å². The van der Waals surface area contributed by atoms with Crippen LogP contribution in [0.25, 0.3) is 0 Å². The van der Waals surface area contributed by atoms with Crippen molar-refractivity contribution in [1.82, 2.24) is 4.98 Å². The number of nitrogens with zero attached hydrogens (tertiary/aromatic N) is 1. The summed E-state index contributed by atoms with van der Waals surface area (Å²) in [6.45, 7) is 0. The monoisotopic (exact) mass is 362 g/mol. The second-order valence-electron chi connectivity index (χ2n) is 4.23. The van der Waals surface area contributed by atoms with E-state index in [1.807, 2.05) is 5.32 Å². The highest BCUT2D eigenvalue weighted by atomic mass is 19.4. The highest BCUT2D eigenvalue weighted by Crippen LogP contribution is 2.40. The zero-order valence-corrected chi connectivity index (χ0v) is 12.0. The number of nitrogens with one attached hydrogen (secondary N) is 1. The summed E-state index contributed by atoms with van der Waals surface area (Å²) in [6, 6.07) is 0.0822. The van der Waals surface area contributed by atoms with Gasteiger partial charge in [-0.05, 0) is 6.07 Å². The normalized spacial score (nSPS) is 11.5. The number of pyridine rings is 1. The number of aromatic nitrogens is 1. The standard InChI is InChI=1S/C12H10F6N2O3.H2O/c1-23-10(22)3-2-9(21)20-8-4-6(11(13,14)15)7(5-19-8)12(16,17)18;/h4-5H,2-3H2,1H3,(H,19,20,21);1H2. The Balaban J connectivity index is 0.00000529. The third kappa shape index (κ3) is 6.02. The molecular formula is C12H12F6N2O4. The molecule has 0 radical (unpaired) electrons. The predicted molar refractivity (Wildman–Crippen MR) is 67.7 cm³/mol. The number of carbonyl (C=O) groups is 2. The Kier molecular flexibility index (Phi) is 7.16. The van der Waals surface area contributed by atoms with Crippen molar-refractivity contribution in [1.29, 1.82) is 0 Å². The van der Waals surface area contributed by atoms with Crippen LogP contribution >= 0.6 is 0 Å². The molecule has 0 saturated heterocycles. The third-order valence-electron chi connectivity index (χ3n) is 2.57. The number of methoxy groups -OCH3 is 1. The summed E-state index contributed by atoms with van der Waals surface area (Å²) in [5.41, 5.74) is -3.93. The van der Waals surface area contributed by atoms with E-state index in [1.165, 1.54) is 0 Å². The smallest absolute Gasteiger partial charge is 0.418 e. The van der Waals surface area contributed by atoms with E-state index in [9.17, 15) is 35.9 Å². The second-order valence-corrected chi connectivity index (χ2v) is 4.23. The van der Waals surface area contributed by atoms with Gasteiger partial charge in [0, 0.05) is 12.6 Å². The largest absolute Gasteiger partial charge is 0.469 e. The van der Waals surface area contributed by atoms with Crippen molar-refractivity contribution in [2.24, 2.45) is 0 Å². The van der Waals surface area contributed by atoms with Crippen LogP contribution in [0.15, 0.2) is 12.3 Å². The summed E-state index contributed by atoms with van der Waals surface area (Å²) in [6.07, 6.45) is -11.3. The van der Waals surface area contributed by atoms with Gasteiger partial charge in [0.05, 0.1) is 24.7 Å². The zero-order valence-electron chi connectivity index (χ0n) is 12.0. The molecule has 1 aromatic heterocycles. The molecule has 136 valence electrons. The van der Waals surface area contributed by atoms with Crippen molar-refractivity contribution >= 4 is 17.7 Å². The van der Waals surface area contributed by atoms with Crippen LogP contribution in [0.5, 0.6) is 0 Å². The van der Waals surface area contributed by atoms with Crippen LogP contribution in [-0.4, -0.2) is 29.4 Å². The molecule has 0 spiro atoms. The first-order valence-electron chi connectivity index (χ1n) is 5.96. The minimum Gasteiger partial charge on any atom is -0.469 e. The van der Waals surface area contributed by atoms with Crippen LogP contribution in [0, 0.1) is 0 Å². The van der Waals surface area contributed by atoms with Crippen molar-refractivity contribution < 1.29 is 46.1 Å². The fraction of sp³-hybridized carbons (Fsp3) is 0.417. The Labute approximate surface area is 131 Å². The van der Waals surface area contributed by atoms with Crippen LogP contribution < -0.4 is 5.32 Å². The summed E-state index contributed by atoms with van der Waals surface area (Å²) < 4.78 is 80.0. The molecule has 24 heavy (non-hydrogen) atoms. The molecule has 0 aliphatic rings. The Hall–Kier alpha value is -2.37. The lowest BCUT2D eigenvalue weighted by Gasteiger charge is -2.16. The first-order valence-corrected chi connectivity index (χ1v) is 5.96. The van der Waals surface area contributed by atoms with Crippen LogP contribution in [0.4, 0.5) is 32.2 Å². The Bertz CT molecular complexity index is 600. The van der Waals surface area contributed by atoms with Crippen molar-refractivity contribution in [3.05, 3.63) is 23.4 Å². The fourth-order valence-corrected chi connectivity index (χ4v) is 1.51. The summed E-state index contributed by atoms with van der Waals surface area (Å²) in [7, 11) is 1.08. The van der Waals surface area contributed by atoms with Crippen LogP contribution in [0.2, 0.25) is 0 Å². The van der Waals surface area contributed by atoms with Gasteiger partial charge in [-0.15, -0.1) is 0 Å². The fourth-order valence-electron chi connectivity index (χ4n) is 1.51. The van der Waals surface area contributed by atoms with Gasteiger partial charge in [-0.2, -0.15) is 26.3 Å². The van der Waals surface area contributed by atoms with E-state index in [0.717, 1.165) is 7.11 Å². The average molecular weight is 362 g/mol. The van der Waals surface area contributed by atoms with Gasteiger partial charge in [-0.1, -0.05) is 0 Å². The molecular weight excluding hydrogens is 350 g/mol. The SMILES string of the molecule is COC(=O)CCC(=O)Nc1cc(C(F)(F)F)c(C(F)(F)F)cn1.O. The molecule has 12 heteroatoms. The third-order valence-corrected chi connectivity index (χ3v) is 2.57. The maximum absolute atomic E-state index is 12.7. The van der Waals surface area contributed by atoms with E-state index < -0.39 is 47.6 Å². The van der Waals surface area contributed by atoms with E-state index >= 15 is 0 Å². The zero-order chi connectivity index (χ0) is 17.8. The number of carbonyl (C=O) groups excluding carboxylic acids is 2. The molecule has 0 saturated carbocycles. The van der Waals surface area contributed by atoms with E-state index in [1.54, 1.807) is 0 Å². The molecule has 0 unspecified atom stereocenters. The molecule has 1 amide bonds. The average Bonchev–Trinajstić information content (AvgIpc) is 2.42. The summed E-state index contributed by atoms with van der Waals surface area (Å²) in [5, 5.41) is 1.89. The molecule has 1 heterocycles. The number of halogens is 6. The molecule has 1 aromatic rings. The second kappa shape index (κ2) is 7.95. The Morgan fingerprint density at radius 3 is 2.08 bits per heavy atom. The van der Waals surface area contributed by atoms with Gasteiger partial charge >= 0.3 is 18.3 Å². The van der Waals surface area contributed by atoms with E-state index in [4.69, 9.17) is 0 Å². The number of esters is 1. The van der Waals surface area contributed by atoms with E-state index in [0.29, 0.717) is 0 Å². The molecule has 6 nitrogen and oxygen atoms in total. The molecule has 3 N–H and O–H groups in total. The molecule has 0 fully saturated rings. The maximum atomic E-state index is 12.7. The topological polar surface area (TPSA) is 99.8 Å². The number of hydrogen-bond donors (Lipinski definition) is 1. The van der Waals surface area contributed by atoms with E-state index in [-0.39, 0.29) is 24.2 Å². The quantitative estimate of drug-likeness (QED) is 0.655. The summed E-state index contributed by atoms with van der Waals surface area (Å²) in [5.74, 6) is -2.33. The lowest BCUT2D eigenvalue weighted by Crippen LogP contribution is -2.19. The lowest BCUT2D eigenvalue weighted by atomic mass is 10.1. The van der Waals surface area contributed by atoms with E-state index in [2.05, 4.69) is 9.72 Å². The van der Waals surface area contributed by atoms with Crippen molar-refractivity contribution in [3.63, 3.8) is 0 Å². The maximum Gasteiger partial charge on any atom is 0.418 e. The number of amides is 1. The van der Waals surface area contributed by atoms with Crippen molar-refractivity contribution in [2.45, 2.75) is 25.2 Å². The van der Waals surface area contributed by atoms with Crippen molar-refractivity contribution in [3.8, 4) is 0 Å². The van der Waals surface area contributed by atoms with Gasteiger partial charge in [0.15, 0.2) is 0 Å². The molecule has 0 atom stereocenters. The van der Waals surface area contributed by atoms with Gasteiger partial charge in [0.1, 0.15) is 5.82 Å². The highest BCUT2D eigenvalue weighted by molar-refractivity contribution is 5.91. The van der Waals surface area contributed by atoms with Gasteiger partial charge in [0.2, 0.25) is 5.91 Å². The number of alkyl halides is 6. The number of hydrogen-bond acceptors (Lipinski definition) is 4. The van der Waals surface area contributed by atoms with Gasteiger partial charge in [-0.3, -0.25) is 9.59 Å². The van der Waals surface area contributed by atoms with Gasteiger partial charge < -0.3 is 15.5 Å². The van der Waals surface area contributed by atoms with Gasteiger partial charge in [0.25, 0.3) is 0 Å². The molecule has 0 aliphatic heterocycles. The van der Waals surface area contributed by atoms with Crippen LogP contribution in [0.1, 0.15) is 24.0 Å². The number of anilines is 1. The molecule has 0 aromatic carbocycles. The lowest BCUT2D eigenvalue weighted by molar-refractivity contribution is -0.162. The molecule has 0 aliphatic carbocycles. The molecule has 0 bridgehead atoms. The van der Waals surface area contributed by atoms with Crippen LogP contribution in [0.3, 0.4) is 0 Å². The Morgan fingerprint density at radius 1 is 1.08 bits per heavy atom. The first kappa shape index (κ1) is 21.6. The minimum atomic E-state index is -5.28. The number of rotatable bonds is 4. The van der Waals surface area contributed by atoms with Crippen molar-refractivity contribution in [2.75, 3.05) is 12.4 Å². The summed E-state index contributed by atoms with van der Waals surface area (Å²) >= 11 is 0. The minimum absolute atomic E-state index is 0.